The van der Waals surface area contributed by atoms with Gasteiger partial charge in [0.1, 0.15) is 17.4 Å². The normalized spacial score (nSPS) is 16.1. The topological polar surface area (TPSA) is 98.7 Å². The number of halogens is 1. The minimum Gasteiger partial charge on any atom is -0.506 e. The lowest BCUT2D eigenvalue weighted by atomic mass is 10.3. The van der Waals surface area contributed by atoms with E-state index in [4.69, 9.17) is 11.6 Å². The summed E-state index contributed by atoms with van der Waals surface area (Å²) in [5.74, 6) is 0.904. The first-order valence-corrected chi connectivity index (χ1v) is 9.05. The van der Waals surface area contributed by atoms with E-state index in [2.05, 4.69) is 14.7 Å². The Morgan fingerprint density at radius 2 is 1.79 bits per heavy atom. The number of hydrogen-bond acceptors (Lipinski definition) is 6. The van der Waals surface area contributed by atoms with Crippen molar-refractivity contribution in [3.63, 3.8) is 0 Å². The van der Waals surface area contributed by atoms with Gasteiger partial charge in [0, 0.05) is 32.4 Å². The van der Waals surface area contributed by atoms with Gasteiger partial charge in [-0.15, -0.1) is 0 Å². The molecule has 0 aromatic carbocycles. The molecule has 0 aliphatic carbocycles. The van der Waals surface area contributed by atoms with Gasteiger partial charge in [-0.1, -0.05) is 11.6 Å². The first-order valence-electron chi connectivity index (χ1n) is 7.23. The van der Waals surface area contributed by atoms with Crippen LogP contribution in [0.2, 0.25) is 5.02 Å². The minimum atomic E-state index is -3.69. The highest BCUT2D eigenvalue weighted by Gasteiger charge is 2.27. The quantitative estimate of drug-likeness (QED) is 0.843. The Bertz CT molecular complexity index is 790. The van der Waals surface area contributed by atoms with Gasteiger partial charge in [-0.25, -0.2) is 9.97 Å². The summed E-state index contributed by atoms with van der Waals surface area (Å²) >= 11 is 5.82. The number of piperazine rings is 1. The van der Waals surface area contributed by atoms with E-state index in [9.17, 15) is 13.5 Å². The molecule has 0 spiro atoms. The van der Waals surface area contributed by atoms with Crippen molar-refractivity contribution in [3.8, 4) is 5.75 Å². The predicted octanol–water partition coefficient (Wildman–Crippen LogP) is 1.31. The smallest absolute Gasteiger partial charge is 0.302 e. The van der Waals surface area contributed by atoms with E-state index in [1.54, 1.807) is 12.3 Å². The lowest BCUT2D eigenvalue weighted by Gasteiger charge is -2.34. The lowest BCUT2D eigenvalue weighted by molar-refractivity contribution is 0.386. The van der Waals surface area contributed by atoms with Gasteiger partial charge in [-0.3, -0.25) is 4.72 Å². The average Bonchev–Trinajstić information content (AvgIpc) is 2.58. The SMILES string of the molecule is O=S(=O)(Nc1ccc(O)cn1)N1CCN(c2ccc(Cl)cn2)CC1. The largest absolute Gasteiger partial charge is 0.506 e. The van der Waals surface area contributed by atoms with Crippen LogP contribution >= 0.6 is 11.6 Å². The molecule has 1 aliphatic heterocycles. The van der Waals surface area contributed by atoms with E-state index in [0.29, 0.717) is 31.2 Å². The molecule has 3 rings (SSSR count). The molecule has 1 aliphatic rings. The summed E-state index contributed by atoms with van der Waals surface area (Å²) in [4.78, 5) is 10.1. The molecule has 10 heteroatoms. The maximum Gasteiger partial charge on any atom is 0.302 e. The fourth-order valence-corrected chi connectivity index (χ4v) is 3.63. The molecule has 2 aromatic rings. The molecule has 0 saturated carbocycles. The average molecular weight is 370 g/mol. The van der Waals surface area contributed by atoms with Crippen molar-refractivity contribution in [2.45, 2.75) is 0 Å². The summed E-state index contributed by atoms with van der Waals surface area (Å²) in [5, 5.41) is 9.75. The maximum atomic E-state index is 12.4. The van der Waals surface area contributed by atoms with E-state index in [-0.39, 0.29) is 11.6 Å². The Balaban J connectivity index is 1.62. The van der Waals surface area contributed by atoms with Crippen LogP contribution in [0.1, 0.15) is 0 Å². The number of pyridine rings is 2. The molecule has 24 heavy (non-hydrogen) atoms. The molecule has 3 heterocycles. The van der Waals surface area contributed by atoms with Gasteiger partial charge in [-0.05, 0) is 24.3 Å². The first-order chi connectivity index (χ1) is 11.4. The second-order valence-electron chi connectivity index (χ2n) is 5.23. The molecule has 0 amide bonds. The molecule has 2 aromatic heterocycles. The third-order valence-electron chi connectivity index (χ3n) is 3.60. The van der Waals surface area contributed by atoms with Crippen LogP contribution in [0.4, 0.5) is 11.6 Å². The lowest BCUT2D eigenvalue weighted by Crippen LogP contribution is -2.50. The molecule has 0 unspecified atom stereocenters. The van der Waals surface area contributed by atoms with Crippen LogP contribution in [0.3, 0.4) is 0 Å². The van der Waals surface area contributed by atoms with Gasteiger partial charge in [0.15, 0.2) is 0 Å². The van der Waals surface area contributed by atoms with E-state index < -0.39 is 10.2 Å². The Kier molecular flexibility index (Phi) is 4.74. The number of nitrogens with zero attached hydrogens (tertiary/aromatic N) is 4. The highest BCUT2D eigenvalue weighted by atomic mass is 35.5. The van der Waals surface area contributed by atoms with Gasteiger partial charge in [0.2, 0.25) is 0 Å². The van der Waals surface area contributed by atoms with Crippen molar-refractivity contribution in [2.75, 3.05) is 35.8 Å². The Hall–Kier alpha value is -2.10. The standard InChI is InChI=1S/C14H16ClN5O3S/c15-11-1-4-14(17-9-11)19-5-7-20(8-6-19)24(22,23)18-13-3-2-12(21)10-16-13/h1-4,9-10,21H,5-8H2,(H,16,18). The second kappa shape index (κ2) is 6.80. The van der Waals surface area contributed by atoms with E-state index in [1.165, 1.54) is 22.6 Å². The fourth-order valence-electron chi connectivity index (χ4n) is 2.36. The van der Waals surface area contributed by atoms with Crippen molar-refractivity contribution in [2.24, 2.45) is 0 Å². The van der Waals surface area contributed by atoms with Gasteiger partial charge in [-0.2, -0.15) is 12.7 Å². The zero-order valence-corrected chi connectivity index (χ0v) is 14.2. The molecule has 0 radical (unpaired) electrons. The third kappa shape index (κ3) is 3.86. The first kappa shape index (κ1) is 16.7. The minimum absolute atomic E-state index is 0.0259. The molecule has 128 valence electrons. The fraction of sp³-hybridized carbons (Fsp3) is 0.286. The molecule has 1 fully saturated rings. The summed E-state index contributed by atoms with van der Waals surface area (Å²) < 4.78 is 28.5. The summed E-state index contributed by atoms with van der Waals surface area (Å²) in [5.41, 5.74) is 0. The van der Waals surface area contributed by atoms with Gasteiger partial charge in [0.05, 0.1) is 11.2 Å². The number of anilines is 2. The third-order valence-corrected chi connectivity index (χ3v) is 5.33. The summed E-state index contributed by atoms with van der Waals surface area (Å²) in [6.07, 6.45) is 2.75. The van der Waals surface area contributed by atoms with Crippen molar-refractivity contribution >= 4 is 33.4 Å². The molecule has 0 bridgehead atoms. The molecule has 2 N–H and O–H groups in total. The van der Waals surface area contributed by atoms with Crippen LogP contribution in [0.5, 0.6) is 5.75 Å². The van der Waals surface area contributed by atoms with Crippen LogP contribution < -0.4 is 9.62 Å². The van der Waals surface area contributed by atoms with E-state index in [1.807, 2.05) is 11.0 Å². The summed E-state index contributed by atoms with van der Waals surface area (Å²) in [7, 11) is -3.69. The molecule has 0 atom stereocenters. The van der Waals surface area contributed by atoms with Crippen LogP contribution in [0.15, 0.2) is 36.7 Å². The van der Waals surface area contributed by atoms with Crippen molar-refractivity contribution in [1.29, 1.82) is 0 Å². The number of rotatable bonds is 4. The predicted molar refractivity (Wildman–Crippen MR) is 91.5 cm³/mol. The molecule has 1 saturated heterocycles. The number of hydrogen-bond donors (Lipinski definition) is 2. The Morgan fingerprint density at radius 3 is 2.38 bits per heavy atom. The van der Waals surface area contributed by atoms with Crippen LogP contribution in [0.25, 0.3) is 0 Å². The zero-order chi connectivity index (χ0) is 17.2. The Labute approximate surface area is 144 Å². The van der Waals surface area contributed by atoms with Crippen molar-refractivity contribution < 1.29 is 13.5 Å². The highest BCUT2D eigenvalue weighted by molar-refractivity contribution is 7.90. The highest BCUT2D eigenvalue weighted by Crippen LogP contribution is 2.18. The van der Waals surface area contributed by atoms with Gasteiger partial charge >= 0.3 is 10.2 Å². The van der Waals surface area contributed by atoms with Crippen LogP contribution in [0, 0.1) is 0 Å². The molecule has 8 nitrogen and oxygen atoms in total. The van der Waals surface area contributed by atoms with Crippen molar-refractivity contribution in [3.05, 3.63) is 41.7 Å². The summed E-state index contributed by atoms with van der Waals surface area (Å²) in [6, 6.07) is 6.34. The summed E-state index contributed by atoms with van der Waals surface area (Å²) in [6.45, 7) is 1.71. The van der Waals surface area contributed by atoms with Gasteiger partial charge in [0.25, 0.3) is 0 Å². The number of aromatic nitrogens is 2. The van der Waals surface area contributed by atoms with Gasteiger partial charge < -0.3 is 10.0 Å². The maximum absolute atomic E-state index is 12.4. The monoisotopic (exact) mass is 369 g/mol. The zero-order valence-electron chi connectivity index (χ0n) is 12.6. The van der Waals surface area contributed by atoms with Crippen LogP contribution in [-0.4, -0.2) is 54.0 Å². The van der Waals surface area contributed by atoms with E-state index in [0.717, 1.165) is 5.82 Å². The van der Waals surface area contributed by atoms with Crippen LogP contribution in [-0.2, 0) is 10.2 Å². The number of nitrogens with one attached hydrogen (secondary N) is 1. The molecular weight excluding hydrogens is 354 g/mol. The molecular formula is C14H16ClN5O3S. The second-order valence-corrected chi connectivity index (χ2v) is 7.34. The number of aromatic hydroxyl groups is 1. The van der Waals surface area contributed by atoms with E-state index >= 15 is 0 Å². The van der Waals surface area contributed by atoms with Crippen molar-refractivity contribution in [1.82, 2.24) is 14.3 Å². The Morgan fingerprint density at radius 1 is 1.04 bits per heavy atom.